The summed E-state index contributed by atoms with van der Waals surface area (Å²) in [5, 5.41) is 0. The summed E-state index contributed by atoms with van der Waals surface area (Å²) in [7, 11) is 0. The van der Waals surface area contributed by atoms with E-state index >= 15 is 0 Å². The van der Waals surface area contributed by atoms with Crippen molar-refractivity contribution in [2.24, 2.45) is 0 Å². The monoisotopic (exact) mass is 781 g/mol. The maximum atomic E-state index is 2.50. The highest BCUT2D eigenvalue weighted by Crippen LogP contribution is 2.16. The standard InChI is InChI=1S/C52H100N4/c1-5-7-9-11-13-15-17-19-21-23-27-31-35-39-43-53-47-49-55(51(53)3)45-41-37-33-29-25-26-30-34-38-42-46-56-50-48-54(52(56)4)44-40-36-32-28-24-22-20-18-16-14-12-10-8-6-2/h47-50H,5-46H2,1-4H3/q+2. The second kappa shape index (κ2) is 37.7. The predicted octanol–water partition coefficient (Wildman–Crippen LogP) is 16.0. The van der Waals surface area contributed by atoms with Crippen LogP contribution in [-0.4, -0.2) is 9.13 Å². The zero-order valence-electron chi connectivity index (χ0n) is 38.8. The Bertz CT molecular complexity index is 1010. The topological polar surface area (TPSA) is 17.6 Å². The molecule has 326 valence electrons. The smallest absolute Gasteiger partial charge is 0.234 e. The van der Waals surface area contributed by atoms with Crippen LogP contribution in [0.3, 0.4) is 0 Å². The Labute approximate surface area is 351 Å². The van der Waals surface area contributed by atoms with E-state index in [2.05, 4.69) is 70.8 Å². The van der Waals surface area contributed by atoms with Gasteiger partial charge in [-0.3, -0.25) is 0 Å². The fourth-order valence-corrected chi connectivity index (χ4v) is 8.96. The van der Waals surface area contributed by atoms with Crippen molar-refractivity contribution in [1.29, 1.82) is 0 Å². The molecule has 0 saturated carbocycles. The molecule has 4 nitrogen and oxygen atoms in total. The number of hydrogen-bond donors (Lipinski definition) is 0. The molecule has 0 atom stereocenters. The number of imidazole rings is 2. The summed E-state index contributed by atoms with van der Waals surface area (Å²) in [5.41, 5.74) is 0. The average Bonchev–Trinajstić information content (AvgIpc) is 3.74. The molecule has 0 aliphatic rings. The van der Waals surface area contributed by atoms with Gasteiger partial charge in [-0.2, -0.15) is 0 Å². The van der Waals surface area contributed by atoms with E-state index in [4.69, 9.17) is 0 Å². The van der Waals surface area contributed by atoms with Crippen LogP contribution in [-0.2, 0) is 26.2 Å². The first kappa shape index (κ1) is 50.6. The van der Waals surface area contributed by atoms with Crippen LogP contribution in [0.2, 0.25) is 0 Å². The zero-order valence-corrected chi connectivity index (χ0v) is 38.8. The highest BCUT2D eigenvalue weighted by Gasteiger charge is 2.12. The summed E-state index contributed by atoms with van der Waals surface area (Å²) >= 11 is 0. The minimum absolute atomic E-state index is 1.19. The van der Waals surface area contributed by atoms with Crippen molar-refractivity contribution in [1.82, 2.24) is 9.13 Å². The van der Waals surface area contributed by atoms with Crippen molar-refractivity contribution in [2.75, 3.05) is 0 Å². The largest absolute Gasteiger partial charge is 0.253 e. The Kier molecular flexibility index (Phi) is 34.0. The van der Waals surface area contributed by atoms with Crippen LogP contribution < -0.4 is 9.13 Å². The van der Waals surface area contributed by atoms with Crippen LogP contribution in [0.1, 0.15) is 269 Å². The van der Waals surface area contributed by atoms with E-state index in [1.54, 1.807) is 0 Å². The summed E-state index contributed by atoms with van der Waals surface area (Å²) in [6.07, 6.45) is 63.4. The molecule has 0 aromatic carbocycles. The highest BCUT2D eigenvalue weighted by atomic mass is 15.1. The minimum atomic E-state index is 1.19. The lowest BCUT2D eigenvalue weighted by atomic mass is 10.0. The van der Waals surface area contributed by atoms with Crippen molar-refractivity contribution in [3.05, 3.63) is 36.4 Å². The first-order chi connectivity index (χ1) is 27.7. The first-order valence-electron chi connectivity index (χ1n) is 25.8. The summed E-state index contributed by atoms with van der Waals surface area (Å²) in [6.45, 7) is 14.0. The summed E-state index contributed by atoms with van der Waals surface area (Å²) in [4.78, 5) is 0. The molecule has 2 aromatic heterocycles. The van der Waals surface area contributed by atoms with Crippen LogP contribution in [0.15, 0.2) is 24.8 Å². The Morgan fingerprint density at radius 3 is 0.768 bits per heavy atom. The minimum Gasteiger partial charge on any atom is -0.234 e. The van der Waals surface area contributed by atoms with Gasteiger partial charge in [0.2, 0.25) is 0 Å². The molecule has 0 aliphatic heterocycles. The number of nitrogens with zero attached hydrogens (tertiary/aromatic N) is 4. The molecule has 0 bridgehead atoms. The van der Waals surface area contributed by atoms with Gasteiger partial charge in [-0.25, -0.2) is 18.3 Å². The van der Waals surface area contributed by atoms with Crippen molar-refractivity contribution in [3.8, 4) is 0 Å². The third-order valence-corrected chi connectivity index (χ3v) is 13.1. The van der Waals surface area contributed by atoms with Gasteiger partial charge in [0.15, 0.2) is 0 Å². The highest BCUT2D eigenvalue weighted by molar-refractivity contribution is 4.80. The number of rotatable bonds is 43. The van der Waals surface area contributed by atoms with Crippen molar-refractivity contribution in [3.63, 3.8) is 0 Å². The normalized spacial score (nSPS) is 11.7. The fraction of sp³-hybridized carbons (Fsp3) is 0.885. The van der Waals surface area contributed by atoms with Gasteiger partial charge >= 0.3 is 0 Å². The van der Waals surface area contributed by atoms with Crippen LogP contribution >= 0.6 is 0 Å². The van der Waals surface area contributed by atoms with Gasteiger partial charge in [-0.05, 0) is 51.4 Å². The molecule has 0 N–H and O–H groups in total. The molecule has 0 radical (unpaired) electrons. The van der Waals surface area contributed by atoms with Gasteiger partial charge in [0.1, 0.15) is 24.8 Å². The Morgan fingerprint density at radius 1 is 0.304 bits per heavy atom. The molecule has 0 aliphatic carbocycles. The molecule has 4 heteroatoms. The SMILES string of the molecule is CCCCCCCCCCCCCCCC[n+]1ccn(CCCCCCCCCCCCn2cc[n+](CCCCCCCCCCCCCCCC)c2C)c1C. The van der Waals surface area contributed by atoms with E-state index in [-0.39, 0.29) is 0 Å². The van der Waals surface area contributed by atoms with Crippen LogP contribution in [0.5, 0.6) is 0 Å². The molecule has 2 heterocycles. The third kappa shape index (κ3) is 27.2. The van der Waals surface area contributed by atoms with Gasteiger partial charge in [-0.1, -0.05) is 206 Å². The second-order valence-electron chi connectivity index (χ2n) is 18.2. The number of hydrogen-bond acceptors (Lipinski definition) is 0. The van der Waals surface area contributed by atoms with Crippen molar-refractivity contribution in [2.45, 2.75) is 298 Å². The van der Waals surface area contributed by atoms with Crippen LogP contribution in [0, 0.1) is 13.8 Å². The van der Waals surface area contributed by atoms with E-state index in [1.807, 2.05) is 0 Å². The molecular formula is C52H100N4+2. The van der Waals surface area contributed by atoms with E-state index in [0.717, 1.165) is 0 Å². The fourth-order valence-electron chi connectivity index (χ4n) is 8.96. The molecule has 0 spiro atoms. The lowest BCUT2D eigenvalue weighted by molar-refractivity contribution is -0.703. The third-order valence-electron chi connectivity index (χ3n) is 13.1. The summed E-state index contributed by atoms with van der Waals surface area (Å²) < 4.78 is 10.00. The Balaban J connectivity index is 1.33. The zero-order chi connectivity index (χ0) is 40.0. The number of unbranched alkanes of at least 4 members (excludes halogenated alkanes) is 35. The molecule has 0 fully saturated rings. The van der Waals surface area contributed by atoms with E-state index in [0.29, 0.717) is 0 Å². The lowest BCUT2D eigenvalue weighted by Gasteiger charge is -2.05. The summed E-state index contributed by atoms with van der Waals surface area (Å²) in [5.74, 6) is 2.90. The van der Waals surface area contributed by atoms with Gasteiger partial charge < -0.3 is 0 Å². The molecular weight excluding hydrogens is 681 g/mol. The van der Waals surface area contributed by atoms with Gasteiger partial charge in [0, 0.05) is 13.8 Å². The van der Waals surface area contributed by atoms with Gasteiger partial charge in [-0.15, -0.1) is 0 Å². The van der Waals surface area contributed by atoms with Crippen molar-refractivity contribution < 1.29 is 9.13 Å². The Hall–Kier alpha value is -1.58. The van der Waals surface area contributed by atoms with E-state index in [9.17, 15) is 0 Å². The maximum absolute atomic E-state index is 2.50. The van der Waals surface area contributed by atoms with E-state index < -0.39 is 0 Å². The molecule has 0 saturated heterocycles. The molecule has 56 heavy (non-hydrogen) atoms. The van der Waals surface area contributed by atoms with Crippen LogP contribution in [0.4, 0.5) is 0 Å². The molecule has 0 amide bonds. The summed E-state index contributed by atoms with van der Waals surface area (Å²) in [6, 6.07) is 0. The van der Waals surface area contributed by atoms with Crippen molar-refractivity contribution >= 4 is 0 Å². The van der Waals surface area contributed by atoms with E-state index in [1.165, 1.54) is 282 Å². The van der Waals surface area contributed by atoms with Gasteiger partial charge in [0.25, 0.3) is 11.6 Å². The van der Waals surface area contributed by atoms with Gasteiger partial charge in [0.05, 0.1) is 26.2 Å². The molecule has 2 rings (SSSR count). The molecule has 2 aromatic rings. The second-order valence-corrected chi connectivity index (χ2v) is 18.2. The average molecular weight is 781 g/mol. The quantitative estimate of drug-likeness (QED) is 0.0471. The number of aromatic nitrogens is 4. The number of aryl methyl sites for hydroxylation is 4. The first-order valence-corrected chi connectivity index (χ1v) is 25.8. The molecule has 0 unspecified atom stereocenters. The van der Waals surface area contributed by atoms with Crippen LogP contribution in [0.25, 0.3) is 0 Å². The Morgan fingerprint density at radius 2 is 0.518 bits per heavy atom. The lowest BCUT2D eigenvalue weighted by Crippen LogP contribution is -2.35. The maximum Gasteiger partial charge on any atom is 0.253 e. The predicted molar refractivity (Wildman–Crippen MR) is 246 cm³/mol.